The van der Waals surface area contributed by atoms with Gasteiger partial charge in [0.2, 0.25) is 0 Å². The minimum atomic E-state index is 0.330. The van der Waals surface area contributed by atoms with E-state index in [0.717, 1.165) is 5.02 Å². The molecule has 2 atom stereocenters. The molecule has 1 aliphatic rings. The highest BCUT2D eigenvalue weighted by molar-refractivity contribution is 7.12. The highest BCUT2D eigenvalue weighted by Gasteiger charge is 2.18. The summed E-state index contributed by atoms with van der Waals surface area (Å²) < 4.78 is 0. The van der Waals surface area contributed by atoms with Crippen LogP contribution in [0, 0.1) is 0 Å². The van der Waals surface area contributed by atoms with Crippen LogP contribution in [0.2, 0.25) is 5.02 Å². The van der Waals surface area contributed by atoms with Gasteiger partial charge in [0, 0.05) is 26.9 Å². The van der Waals surface area contributed by atoms with E-state index >= 15 is 0 Å². The first-order valence-corrected chi connectivity index (χ1v) is 8.96. The zero-order valence-corrected chi connectivity index (χ0v) is 14.2. The van der Waals surface area contributed by atoms with Crippen molar-refractivity contribution >= 4 is 22.9 Å². The van der Waals surface area contributed by atoms with E-state index in [1.807, 2.05) is 23.5 Å². The maximum Gasteiger partial charge on any atom is 0.0406 e. The fourth-order valence-electron chi connectivity index (χ4n) is 3.03. The Bertz CT molecular complexity index is 579. The second-order valence-electron chi connectivity index (χ2n) is 5.97. The normalized spacial score (nSPS) is 17.3. The number of thiophene rings is 1. The number of benzene rings is 1. The van der Waals surface area contributed by atoms with E-state index < -0.39 is 0 Å². The summed E-state index contributed by atoms with van der Waals surface area (Å²) in [7, 11) is 0. The van der Waals surface area contributed by atoms with Crippen LogP contribution in [-0.2, 0) is 12.8 Å². The van der Waals surface area contributed by atoms with Crippen molar-refractivity contribution < 1.29 is 0 Å². The second-order valence-corrected chi connectivity index (χ2v) is 7.57. The summed E-state index contributed by atoms with van der Waals surface area (Å²) in [6, 6.07) is 11.3. The Hall–Kier alpha value is -0.830. The largest absolute Gasteiger partial charge is 0.303 e. The molecule has 1 N–H and O–H groups in total. The van der Waals surface area contributed by atoms with Crippen molar-refractivity contribution in [1.29, 1.82) is 0 Å². The van der Waals surface area contributed by atoms with Gasteiger partial charge in [0.05, 0.1) is 0 Å². The first kappa shape index (κ1) is 15.1. The summed E-state index contributed by atoms with van der Waals surface area (Å²) in [4.78, 5) is 3.09. The predicted molar refractivity (Wildman–Crippen MR) is 92.4 cm³/mol. The van der Waals surface area contributed by atoms with Crippen LogP contribution in [-0.4, -0.2) is 0 Å². The SMILES string of the molecule is CC(N[C@H](C)c1ccc(Cl)cc1)c1cc2c(s1)CCCC2. The Labute approximate surface area is 136 Å². The Balaban J connectivity index is 1.69. The number of aryl methyl sites for hydroxylation is 2. The quantitative estimate of drug-likeness (QED) is 0.763. The summed E-state index contributed by atoms with van der Waals surface area (Å²) in [5.74, 6) is 0. The lowest BCUT2D eigenvalue weighted by molar-refractivity contribution is 0.500. The second kappa shape index (κ2) is 6.51. The third kappa shape index (κ3) is 3.50. The third-order valence-corrected chi connectivity index (χ3v) is 5.98. The van der Waals surface area contributed by atoms with Gasteiger partial charge in [-0.25, -0.2) is 0 Å². The zero-order valence-electron chi connectivity index (χ0n) is 12.7. The maximum absolute atomic E-state index is 5.96. The van der Waals surface area contributed by atoms with Crippen LogP contribution >= 0.6 is 22.9 Å². The lowest BCUT2D eigenvalue weighted by atomic mass is 9.99. The molecular weight excluding hydrogens is 298 g/mol. The standard InChI is InChI=1S/C18H22ClNS/c1-12(14-7-9-16(19)10-8-14)20-13(2)18-11-15-5-3-4-6-17(15)21-18/h7-13,20H,3-6H2,1-2H3/t12-,13?/m1/s1. The lowest BCUT2D eigenvalue weighted by Gasteiger charge is -2.19. The summed E-state index contributed by atoms with van der Waals surface area (Å²) in [6.07, 6.45) is 5.26. The molecule has 1 aromatic carbocycles. The van der Waals surface area contributed by atoms with Crippen LogP contribution in [0.4, 0.5) is 0 Å². The molecule has 0 saturated heterocycles. The number of hydrogen-bond acceptors (Lipinski definition) is 2. The molecule has 0 aliphatic heterocycles. The number of rotatable bonds is 4. The van der Waals surface area contributed by atoms with Crippen molar-refractivity contribution in [3.8, 4) is 0 Å². The monoisotopic (exact) mass is 319 g/mol. The summed E-state index contributed by atoms with van der Waals surface area (Å²) in [5.41, 5.74) is 2.88. The average Bonchev–Trinajstić information content (AvgIpc) is 2.92. The average molecular weight is 320 g/mol. The molecule has 0 radical (unpaired) electrons. The van der Waals surface area contributed by atoms with E-state index in [4.69, 9.17) is 11.6 Å². The minimum Gasteiger partial charge on any atom is -0.303 e. The van der Waals surface area contributed by atoms with Crippen LogP contribution in [0.1, 0.15) is 59.7 Å². The number of halogens is 1. The minimum absolute atomic E-state index is 0.330. The molecule has 1 nitrogen and oxygen atoms in total. The molecule has 1 heterocycles. The summed E-state index contributed by atoms with van der Waals surface area (Å²) in [6.45, 7) is 4.48. The van der Waals surface area contributed by atoms with E-state index in [0.29, 0.717) is 12.1 Å². The van der Waals surface area contributed by atoms with Gasteiger partial charge in [0.25, 0.3) is 0 Å². The number of fused-ring (bicyclic) bond motifs is 1. The molecule has 1 aromatic heterocycles. The van der Waals surface area contributed by atoms with Crippen LogP contribution in [0.15, 0.2) is 30.3 Å². The van der Waals surface area contributed by atoms with E-state index in [-0.39, 0.29) is 0 Å². The topological polar surface area (TPSA) is 12.0 Å². The van der Waals surface area contributed by atoms with Gasteiger partial charge < -0.3 is 5.32 Å². The maximum atomic E-state index is 5.96. The van der Waals surface area contributed by atoms with Gasteiger partial charge in [-0.05, 0) is 68.9 Å². The third-order valence-electron chi connectivity index (χ3n) is 4.31. The van der Waals surface area contributed by atoms with Crippen molar-refractivity contribution in [1.82, 2.24) is 5.32 Å². The number of nitrogens with one attached hydrogen (secondary N) is 1. The van der Waals surface area contributed by atoms with Crippen molar-refractivity contribution in [2.45, 2.75) is 51.6 Å². The first-order chi connectivity index (χ1) is 10.1. The molecule has 0 amide bonds. The molecule has 0 saturated carbocycles. The van der Waals surface area contributed by atoms with E-state index in [9.17, 15) is 0 Å². The van der Waals surface area contributed by atoms with Crippen molar-refractivity contribution in [2.75, 3.05) is 0 Å². The summed E-state index contributed by atoms with van der Waals surface area (Å²) in [5, 5.41) is 4.50. The zero-order chi connectivity index (χ0) is 14.8. The molecule has 3 heteroatoms. The fourth-order valence-corrected chi connectivity index (χ4v) is 4.43. The van der Waals surface area contributed by atoms with E-state index in [1.54, 1.807) is 10.4 Å². The summed E-state index contributed by atoms with van der Waals surface area (Å²) >= 11 is 7.96. The smallest absolute Gasteiger partial charge is 0.0406 e. The Morgan fingerprint density at radius 3 is 2.48 bits per heavy atom. The van der Waals surface area contributed by atoms with Gasteiger partial charge in [0.15, 0.2) is 0 Å². The Morgan fingerprint density at radius 1 is 1.05 bits per heavy atom. The Kier molecular flexibility index (Phi) is 4.68. The highest BCUT2D eigenvalue weighted by atomic mass is 35.5. The molecule has 3 rings (SSSR count). The molecule has 1 unspecified atom stereocenters. The van der Waals surface area contributed by atoms with Crippen LogP contribution in [0.3, 0.4) is 0 Å². The lowest BCUT2D eigenvalue weighted by Crippen LogP contribution is -2.21. The van der Waals surface area contributed by atoms with Gasteiger partial charge in [-0.3, -0.25) is 0 Å². The first-order valence-electron chi connectivity index (χ1n) is 7.76. The van der Waals surface area contributed by atoms with Crippen molar-refractivity contribution in [2.24, 2.45) is 0 Å². The van der Waals surface area contributed by atoms with Crippen LogP contribution in [0.25, 0.3) is 0 Å². The highest BCUT2D eigenvalue weighted by Crippen LogP contribution is 2.33. The molecule has 2 aromatic rings. The van der Waals surface area contributed by atoms with Crippen LogP contribution < -0.4 is 5.32 Å². The van der Waals surface area contributed by atoms with Gasteiger partial charge in [-0.15, -0.1) is 11.3 Å². The number of hydrogen-bond donors (Lipinski definition) is 1. The molecule has 112 valence electrons. The van der Waals surface area contributed by atoms with Crippen molar-refractivity contribution in [3.63, 3.8) is 0 Å². The van der Waals surface area contributed by atoms with Gasteiger partial charge >= 0.3 is 0 Å². The molecule has 1 aliphatic carbocycles. The van der Waals surface area contributed by atoms with Crippen LogP contribution in [0.5, 0.6) is 0 Å². The van der Waals surface area contributed by atoms with E-state index in [2.05, 4.69) is 37.4 Å². The molecule has 0 spiro atoms. The molecule has 21 heavy (non-hydrogen) atoms. The molecular formula is C18H22ClNS. The van der Waals surface area contributed by atoms with Crippen molar-refractivity contribution in [3.05, 3.63) is 56.2 Å². The molecule has 0 bridgehead atoms. The van der Waals surface area contributed by atoms with E-state index in [1.165, 1.54) is 36.1 Å². The van der Waals surface area contributed by atoms with Gasteiger partial charge in [-0.2, -0.15) is 0 Å². The van der Waals surface area contributed by atoms with Gasteiger partial charge in [0.1, 0.15) is 0 Å². The molecule has 0 fully saturated rings. The van der Waals surface area contributed by atoms with Gasteiger partial charge in [-0.1, -0.05) is 23.7 Å². The fraction of sp³-hybridized carbons (Fsp3) is 0.444. The Morgan fingerprint density at radius 2 is 1.76 bits per heavy atom. The predicted octanol–water partition coefficient (Wildman–Crippen LogP) is 5.69.